The van der Waals surface area contributed by atoms with Gasteiger partial charge in [-0.3, -0.25) is 0 Å². The summed E-state index contributed by atoms with van der Waals surface area (Å²) in [5, 5.41) is 0. The molecule has 0 aliphatic heterocycles. The molecular formula is C15H22Cl2O. The van der Waals surface area contributed by atoms with Crippen molar-refractivity contribution in [2.75, 3.05) is 18.4 Å². The van der Waals surface area contributed by atoms with Gasteiger partial charge >= 0.3 is 0 Å². The molecule has 3 heteroatoms. The Bertz CT molecular complexity index is 321. The molecule has 0 unspecified atom stereocenters. The normalized spacial score (nSPS) is 11.8. The van der Waals surface area contributed by atoms with Crippen LogP contribution >= 0.6 is 23.2 Å². The third kappa shape index (κ3) is 5.07. The number of rotatable bonds is 8. The first-order chi connectivity index (χ1) is 8.62. The summed E-state index contributed by atoms with van der Waals surface area (Å²) in [5.41, 5.74) is -0.00788. The minimum atomic E-state index is -0.00788. The van der Waals surface area contributed by atoms with Crippen LogP contribution in [0.2, 0.25) is 0 Å². The second-order valence-electron chi connectivity index (χ2n) is 5.28. The largest absolute Gasteiger partial charge is 0.494 e. The molecule has 1 aromatic carbocycles. The summed E-state index contributed by atoms with van der Waals surface area (Å²) < 4.78 is 5.73. The third-order valence-corrected chi connectivity index (χ3v) is 4.19. The highest BCUT2D eigenvalue weighted by molar-refractivity contribution is 6.21. The van der Waals surface area contributed by atoms with E-state index < -0.39 is 0 Å². The van der Waals surface area contributed by atoms with E-state index in [1.54, 1.807) is 0 Å². The number of hydrogen-bond acceptors (Lipinski definition) is 1. The van der Waals surface area contributed by atoms with Crippen LogP contribution in [0.3, 0.4) is 0 Å². The van der Waals surface area contributed by atoms with Crippen molar-refractivity contribution in [2.24, 2.45) is 11.3 Å². The third-order valence-electron chi connectivity index (χ3n) is 3.05. The fraction of sp³-hybridized carbons (Fsp3) is 0.600. The lowest BCUT2D eigenvalue weighted by Gasteiger charge is -2.31. The highest BCUT2D eigenvalue weighted by atomic mass is 35.5. The average Bonchev–Trinajstić information content (AvgIpc) is 2.38. The monoisotopic (exact) mass is 288 g/mol. The van der Waals surface area contributed by atoms with Crippen LogP contribution in [0, 0.1) is 11.3 Å². The van der Waals surface area contributed by atoms with E-state index in [9.17, 15) is 0 Å². The lowest BCUT2D eigenvalue weighted by Crippen LogP contribution is -2.29. The lowest BCUT2D eigenvalue weighted by molar-refractivity contribution is 0.205. The number of ether oxygens (including phenoxy) is 1. The number of alkyl halides is 2. The van der Waals surface area contributed by atoms with Crippen LogP contribution in [0.25, 0.3) is 0 Å². The molecule has 0 atom stereocenters. The van der Waals surface area contributed by atoms with Gasteiger partial charge in [-0.1, -0.05) is 32.0 Å². The molecule has 1 nitrogen and oxygen atoms in total. The van der Waals surface area contributed by atoms with Crippen molar-refractivity contribution in [3.8, 4) is 5.75 Å². The molecule has 0 radical (unpaired) electrons. The molecule has 0 saturated heterocycles. The minimum absolute atomic E-state index is 0.00788. The summed E-state index contributed by atoms with van der Waals surface area (Å²) >= 11 is 12.2. The van der Waals surface area contributed by atoms with E-state index in [-0.39, 0.29) is 5.41 Å². The summed E-state index contributed by atoms with van der Waals surface area (Å²) in [4.78, 5) is 0. The summed E-state index contributed by atoms with van der Waals surface area (Å²) in [6, 6.07) is 9.85. The van der Waals surface area contributed by atoms with Gasteiger partial charge in [-0.05, 0) is 30.9 Å². The number of para-hydroxylation sites is 1. The number of hydrogen-bond donors (Lipinski definition) is 0. The second-order valence-corrected chi connectivity index (χ2v) is 5.81. The molecule has 0 aliphatic carbocycles. The second kappa shape index (κ2) is 7.91. The maximum atomic E-state index is 6.11. The molecule has 0 heterocycles. The molecule has 1 rings (SSSR count). The molecular weight excluding hydrogens is 267 g/mol. The van der Waals surface area contributed by atoms with Gasteiger partial charge < -0.3 is 4.74 Å². The van der Waals surface area contributed by atoms with E-state index in [0.717, 1.165) is 18.6 Å². The van der Waals surface area contributed by atoms with Gasteiger partial charge in [-0.15, -0.1) is 23.2 Å². The Kier molecular flexibility index (Phi) is 6.88. The zero-order chi connectivity index (χ0) is 13.4. The molecule has 0 aromatic heterocycles. The average molecular weight is 289 g/mol. The number of benzene rings is 1. The smallest absolute Gasteiger partial charge is 0.119 e. The fourth-order valence-electron chi connectivity index (χ4n) is 2.15. The molecule has 0 saturated carbocycles. The summed E-state index contributed by atoms with van der Waals surface area (Å²) in [7, 11) is 0. The van der Waals surface area contributed by atoms with Gasteiger partial charge in [0.2, 0.25) is 0 Å². The van der Waals surface area contributed by atoms with Crippen molar-refractivity contribution >= 4 is 23.2 Å². The summed E-state index contributed by atoms with van der Waals surface area (Å²) in [6.45, 7) is 5.06. The predicted octanol–water partition coefficient (Wildman–Crippen LogP) is 4.97. The molecule has 18 heavy (non-hydrogen) atoms. The predicted molar refractivity (Wildman–Crippen MR) is 79.9 cm³/mol. The standard InChI is InChI=1S/C15H22Cl2O/c1-13(2)10-15(11-16,12-17)8-9-18-14-6-4-3-5-7-14/h3-7,13H,8-12H2,1-2H3. The van der Waals surface area contributed by atoms with Gasteiger partial charge in [0.1, 0.15) is 5.75 Å². The minimum Gasteiger partial charge on any atom is -0.494 e. The van der Waals surface area contributed by atoms with Crippen molar-refractivity contribution < 1.29 is 4.74 Å². The highest BCUT2D eigenvalue weighted by Gasteiger charge is 2.29. The van der Waals surface area contributed by atoms with E-state index in [2.05, 4.69) is 13.8 Å². The van der Waals surface area contributed by atoms with Crippen LogP contribution in [-0.2, 0) is 0 Å². The van der Waals surface area contributed by atoms with E-state index in [1.165, 1.54) is 0 Å². The van der Waals surface area contributed by atoms with Crippen LogP contribution < -0.4 is 4.74 Å². The van der Waals surface area contributed by atoms with Gasteiger partial charge in [0.05, 0.1) is 6.61 Å². The Morgan fingerprint density at radius 3 is 2.22 bits per heavy atom. The van der Waals surface area contributed by atoms with Crippen LogP contribution in [0.5, 0.6) is 5.75 Å². The van der Waals surface area contributed by atoms with Gasteiger partial charge in [0.25, 0.3) is 0 Å². The molecule has 0 N–H and O–H groups in total. The molecule has 0 bridgehead atoms. The first-order valence-electron chi connectivity index (χ1n) is 6.42. The van der Waals surface area contributed by atoms with E-state index in [0.29, 0.717) is 24.3 Å². The quantitative estimate of drug-likeness (QED) is 0.614. The van der Waals surface area contributed by atoms with Crippen molar-refractivity contribution in [1.82, 2.24) is 0 Å². The summed E-state index contributed by atoms with van der Waals surface area (Å²) in [6.07, 6.45) is 1.94. The van der Waals surface area contributed by atoms with E-state index >= 15 is 0 Å². The van der Waals surface area contributed by atoms with E-state index in [4.69, 9.17) is 27.9 Å². The van der Waals surface area contributed by atoms with Crippen LogP contribution in [-0.4, -0.2) is 18.4 Å². The first kappa shape index (κ1) is 15.7. The zero-order valence-electron chi connectivity index (χ0n) is 11.2. The maximum absolute atomic E-state index is 6.11. The zero-order valence-corrected chi connectivity index (χ0v) is 12.7. The van der Waals surface area contributed by atoms with E-state index in [1.807, 2.05) is 30.3 Å². The van der Waals surface area contributed by atoms with Gasteiger partial charge in [0.15, 0.2) is 0 Å². The van der Waals surface area contributed by atoms with Gasteiger partial charge in [-0.25, -0.2) is 0 Å². The Hall–Kier alpha value is -0.400. The Labute approximate surface area is 120 Å². The summed E-state index contributed by atoms with van der Waals surface area (Å²) in [5.74, 6) is 2.68. The molecule has 0 aliphatic rings. The highest BCUT2D eigenvalue weighted by Crippen LogP contribution is 2.33. The topological polar surface area (TPSA) is 9.23 Å². The molecule has 102 valence electrons. The molecule has 1 aromatic rings. The van der Waals surface area contributed by atoms with Crippen LogP contribution in [0.15, 0.2) is 30.3 Å². The molecule has 0 fully saturated rings. The van der Waals surface area contributed by atoms with Gasteiger partial charge in [0, 0.05) is 17.2 Å². The van der Waals surface area contributed by atoms with Crippen molar-refractivity contribution in [2.45, 2.75) is 26.7 Å². The maximum Gasteiger partial charge on any atom is 0.119 e. The number of halogens is 2. The molecule has 0 amide bonds. The SMILES string of the molecule is CC(C)CC(CCl)(CCl)CCOc1ccccc1. The first-order valence-corrected chi connectivity index (χ1v) is 7.48. The van der Waals surface area contributed by atoms with Crippen molar-refractivity contribution in [3.63, 3.8) is 0 Å². The van der Waals surface area contributed by atoms with Crippen LogP contribution in [0.4, 0.5) is 0 Å². The van der Waals surface area contributed by atoms with Crippen molar-refractivity contribution in [1.29, 1.82) is 0 Å². The lowest BCUT2D eigenvalue weighted by atomic mass is 9.81. The van der Waals surface area contributed by atoms with Gasteiger partial charge in [-0.2, -0.15) is 0 Å². The Morgan fingerprint density at radius 2 is 1.72 bits per heavy atom. The molecule has 0 spiro atoms. The Balaban J connectivity index is 2.47. The fourth-order valence-corrected chi connectivity index (χ4v) is 2.92. The van der Waals surface area contributed by atoms with Crippen LogP contribution in [0.1, 0.15) is 26.7 Å². The van der Waals surface area contributed by atoms with Crippen molar-refractivity contribution in [3.05, 3.63) is 30.3 Å². The Morgan fingerprint density at radius 1 is 1.11 bits per heavy atom.